The number of nitrogen functional groups attached to an aromatic ring is 1. The normalized spacial score (nSPS) is 11.2. The Morgan fingerprint density at radius 1 is 1.25 bits per heavy atom. The summed E-state index contributed by atoms with van der Waals surface area (Å²) in [4.78, 5) is 8.45. The summed E-state index contributed by atoms with van der Waals surface area (Å²) in [7, 11) is 0. The quantitative estimate of drug-likeness (QED) is 0.720. The zero-order valence-corrected chi connectivity index (χ0v) is 13.3. The Morgan fingerprint density at radius 3 is 2.70 bits per heavy atom. The highest BCUT2D eigenvalue weighted by Crippen LogP contribution is 2.33. The Balaban J connectivity index is 2.42. The first-order valence-electron chi connectivity index (χ1n) is 6.04. The van der Waals surface area contributed by atoms with E-state index >= 15 is 0 Å². The fraction of sp³-hybridized carbons (Fsp3) is 0.143. The maximum atomic E-state index is 6.01. The first-order chi connectivity index (χ1) is 9.50. The molecule has 0 aliphatic heterocycles. The third-order valence-electron chi connectivity index (χ3n) is 3.47. The molecule has 3 rings (SSSR count). The maximum absolute atomic E-state index is 6.01. The van der Waals surface area contributed by atoms with Crippen LogP contribution in [0, 0.1) is 13.8 Å². The summed E-state index contributed by atoms with van der Waals surface area (Å²) in [6.07, 6.45) is 1.48. The minimum absolute atomic E-state index is 0.499. The van der Waals surface area contributed by atoms with Gasteiger partial charge in [-0.05, 0) is 53.5 Å². The number of anilines is 1. The van der Waals surface area contributed by atoms with Crippen LogP contribution in [0.3, 0.4) is 0 Å². The predicted molar refractivity (Wildman–Crippen MR) is 85.5 cm³/mol. The van der Waals surface area contributed by atoms with Crippen LogP contribution in [0.1, 0.15) is 11.3 Å². The second kappa shape index (κ2) is 4.75. The van der Waals surface area contributed by atoms with Gasteiger partial charge in [-0.1, -0.05) is 11.6 Å². The Morgan fingerprint density at radius 2 is 2.00 bits per heavy atom. The summed E-state index contributed by atoms with van der Waals surface area (Å²) in [6, 6.07) is 5.67. The highest BCUT2D eigenvalue weighted by atomic mass is 79.9. The van der Waals surface area contributed by atoms with Gasteiger partial charge in [-0.2, -0.15) is 0 Å². The summed E-state index contributed by atoms with van der Waals surface area (Å²) < 4.78 is 2.96. The standard InChI is InChI=1S/C14H12BrClN4/c1-7-8(2)20(11-4-3-9(16)5-10(11)15)14-12(7)13(17)18-6-19-14/h3-6H,1-2H3,(H2,17,18,19). The molecule has 2 heterocycles. The van der Waals surface area contributed by atoms with Gasteiger partial charge in [-0.15, -0.1) is 0 Å². The number of nitrogens with zero attached hydrogens (tertiary/aromatic N) is 3. The van der Waals surface area contributed by atoms with E-state index in [9.17, 15) is 0 Å². The Kier molecular flexibility index (Phi) is 3.18. The van der Waals surface area contributed by atoms with Crippen LogP contribution in [-0.4, -0.2) is 14.5 Å². The lowest BCUT2D eigenvalue weighted by atomic mass is 10.2. The van der Waals surface area contributed by atoms with Crippen LogP contribution in [0.4, 0.5) is 5.82 Å². The third kappa shape index (κ3) is 1.89. The number of hydrogen-bond acceptors (Lipinski definition) is 3. The molecular weight excluding hydrogens is 340 g/mol. The average Bonchev–Trinajstić information content (AvgIpc) is 2.64. The molecule has 0 aliphatic rings. The van der Waals surface area contributed by atoms with Crippen molar-refractivity contribution in [3.63, 3.8) is 0 Å². The molecule has 0 fully saturated rings. The predicted octanol–water partition coefficient (Wildman–Crippen LogP) is 4.04. The fourth-order valence-electron chi connectivity index (χ4n) is 2.38. The molecule has 0 spiro atoms. The molecule has 20 heavy (non-hydrogen) atoms. The van der Waals surface area contributed by atoms with E-state index in [-0.39, 0.29) is 0 Å². The smallest absolute Gasteiger partial charge is 0.150 e. The topological polar surface area (TPSA) is 56.7 Å². The van der Waals surface area contributed by atoms with Crippen LogP contribution in [0.2, 0.25) is 5.02 Å². The molecule has 2 N–H and O–H groups in total. The van der Waals surface area contributed by atoms with E-state index in [0.717, 1.165) is 32.5 Å². The number of rotatable bonds is 1. The molecule has 1 aromatic carbocycles. The monoisotopic (exact) mass is 350 g/mol. The first kappa shape index (κ1) is 13.4. The van der Waals surface area contributed by atoms with E-state index in [1.54, 1.807) is 0 Å². The molecular formula is C14H12BrClN4. The molecule has 0 radical (unpaired) electrons. The summed E-state index contributed by atoms with van der Waals surface area (Å²) in [5, 5.41) is 1.58. The Hall–Kier alpha value is -1.59. The van der Waals surface area contributed by atoms with Gasteiger partial charge in [-0.3, -0.25) is 4.57 Å². The van der Waals surface area contributed by atoms with Gasteiger partial charge in [0, 0.05) is 15.2 Å². The lowest BCUT2D eigenvalue weighted by Gasteiger charge is -2.10. The van der Waals surface area contributed by atoms with Crippen molar-refractivity contribution in [2.45, 2.75) is 13.8 Å². The number of benzene rings is 1. The van der Waals surface area contributed by atoms with Gasteiger partial charge in [0.2, 0.25) is 0 Å². The summed E-state index contributed by atoms with van der Waals surface area (Å²) in [5.74, 6) is 0.499. The van der Waals surface area contributed by atoms with E-state index in [4.69, 9.17) is 17.3 Å². The van der Waals surface area contributed by atoms with Crippen LogP contribution < -0.4 is 5.73 Å². The molecule has 6 heteroatoms. The summed E-state index contributed by atoms with van der Waals surface area (Å²) in [6.45, 7) is 4.06. The van der Waals surface area contributed by atoms with Crippen molar-refractivity contribution in [1.82, 2.24) is 14.5 Å². The molecule has 0 saturated heterocycles. The van der Waals surface area contributed by atoms with Crippen LogP contribution in [-0.2, 0) is 0 Å². The highest BCUT2D eigenvalue weighted by Gasteiger charge is 2.17. The Bertz CT molecular complexity index is 826. The number of nitrogens with two attached hydrogens (primary N) is 1. The molecule has 0 saturated carbocycles. The van der Waals surface area contributed by atoms with Crippen LogP contribution in [0.5, 0.6) is 0 Å². The zero-order valence-electron chi connectivity index (χ0n) is 11.0. The molecule has 0 amide bonds. The highest BCUT2D eigenvalue weighted by molar-refractivity contribution is 9.10. The van der Waals surface area contributed by atoms with Crippen molar-refractivity contribution in [2.24, 2.45) is 0 Å². The Labute approximate surface area is 129 Å². The fourth-order valence-corrected chi connectivity index (χ4v) is 3.24. The second-order valence-electron chi connectivity index (χ2n) is 4.60. The minimum atomic E-state index is 0.499. The number of aryl methyl sites for hydroxylation is 1. The SMILES string of the molecule is Cc1c(C)n(-c2ccc(Cl)cc2Br)c2ncnc(N)c12. The van der Waals surface area contributed by atoms with Crippen LogP contribution in [0.25, 0.3) is 16.7 Å². The lowest BCUT2D eigenvalue weighted by molar-refractivity contribution is 1.01. The van der Waals surface area contributed by atoms with Crippen molar-refractivity contribution in [3.8, 4) is 5.69 Å². The maximum Gasteiger partial charge on any atom is 0.150 e. The van der Waals surface area contributed by atoms with Crippen molar-refractivity contribution in [2.75, 3.05) is 5.73 Å². The number of hydrogen-bond donors (Lipinski definition) is 1. The lowest BCUT2D eigenvalue weighted by Crippen LogP contribution is -2.00. The van der Waals surface area contributed by atoms with Gasteiger partial charge in [0.15, 0.2) is 5.65 Å². The van der Waals surface area contributed by atoms with Crippen molar-refractivity contribution < 1.29 is 0 Å². The zero-order chi connectivity index (χ0) is 14.4. The minimum Gasteiger partial charge on any atom is -0.383 e. The van der Waals surface area contributed by atoms with Crippen molar-refractivity contribution in [1.29, 1.82) is 0 Å². The van der Waals surface area contributed by atoms with Crippen molar-refractivity contribution >= 4 is 44.4 Å². The van der Waals surface area contributed by atoms with Crippen LogP contribution in [0.15, 0.2) is 29.0 Å². The molecule has 0 aliphatic carbocycles. The molecule has 3 aromatic rings. The number of fused-ring (bicyclic) bond motifs is 1. The largest absolute Gasteiger partial charge is 0.383 e. The third-order valence-corrected chi connectivity index (χ3v) is 4.34. The summed E-state index contributed by atoms with van der Waals surface area (Å²) in [5.41, 5.74) is 9.92. The van der Waals surface area contributed by atoms with E-state index in [0.29, 0.717) is 10.8 Å². The molecule has 2 aromatic heterocycles. The molecule has 0 atom stereocenters. The van der Waals surface area contributed by atoms with Crippen LogP contribution >= 0.6 is 27.5 Å². The van der Waals surface area contributed by atoms with Gasteiger partial charge in [0.25, 0.3) is 0 Å². The van der Waals surface area contributed by atoms with E-state index in [1.807, 2.05) is 32.0 Å². The average molecular weight is 352 g/mol. The van der Waals surface area contributed by atoms with Gasteiger partial charge in [0.1, 0.15) is 12.1 Å². The summed E-state index contributed by atoms with van der Waals surface area (Å²) >= 11 is 9.56. The van der Waals surface area contributed by atoms with E-state index in [2.05, 4.69) is 30.5 Å². The van der Waals surface area contributed by atoms with E-state index < -0.39 is 0 Å². The molecule has 4 nitrogen and oxygen atoms in total. The first-order valence-corrected chi connectivity index (χ1v) is 7.21. The number of aromatic nitrogens is 3. The van der Waals surface area contributed by atoms with Crippen molar-refractivity contribution in [3.05, 3.63) is 45.3 Å². The molecule has 0 bridgehead atoms. The van der Waals surface area contributed by atoms with Gasteiger partial charge in [-0.25, -0.2) is 9.97 Å². The number of halogens is 2. The molecule has 102 valence electrons. The van der Waals surface area contributed by atoms with Gasteiger partial charge in [0.05, 0.1) is 11.1 Å². The molecule has 0 unspecified atom stereocenters. The van der Waals surface area contributed by atoms with E-state index in [1.165, 1.54) is 6.33 Å². The van der Waals surface area contributed by atoms with Gasteiger partial charge >= 0.3 is 0 Å². The van der Waals surface area contributed by atoms with Gasteiger partial charge < -0.3 is 5.73 Å². The second-order valence-corrected chi connectivity index (χ2v) is 5.89.